The molecule has 0 aliphatic carbocycles. The fourth-order valence-corrected chi connectivity index (χ4v) is 1.03. The Morgan fingerprint density at radius 3 is 2.18 bits per heavy atom. The number of amides is 1. The molecule has 1 aromatic rings. The third kappa shape index (κ3) is 1.80. The molecule has 0 bridgehead atoms. The molecule has 2 heteroatoms. The van der Waals surface area contributed by atoms with Gasteiger partial charge in [0, 0.05) is 5.56 Å². The van der Waals surface area contributed by atoms with E-state index >= 15 is 0 Å². The molecule has 11 heavy (non-hydrogen) atoms. The van der Waals surface area contributed by atoms with Crippen molar-refractivity contribution in [3.05, 3.63) is 34.9 Å². The van der Waals surface area contributed by atoms with E-state index in [9.17, 15) is 4.79 Å². The van der Waals surface area contributed by atoms with Crippen molar-refractivity contribution >= 4 is 5.91 Å². The molecule has 0 aromatic heterocycles. The average molecular weight is 148 g/mol. The van der Waals surface area contributed by atoms with E-state index in [1.807, 2.05) is 13.8 Å². The first kappa shape index (κ1) is 7.79. The summed E-state index contributed by atoms with van der Waals surface area (Å²) in [6.45, 7) is 3.78. The highest BCUT2D eigenvalue weighted by atomic mass is 16.1. The normalized spacial score (nSPS) is 9.64. The number of rotatable bonds is 1. The summed E-state index contributed by atoms with van der Waals surface area (Å²) in [4.78, 5) is 10.7. The fourth-order valence-electron chi connectivity index (χ4n) is 1.03. The number of aryl methyl sites for hydroxylation is 2. The number of hydrogen-bond acceptors (Lipinski definition) is 1. The summed E-state index contributed by atoms with van der Waals surface area (Å²) in [5, 5.41) is 0. The van der Waals surface area contributed by atoms with Crippen LogP contribution < -0.4 is 5.73 Å². The van der Waals surface area contributed by atoms with Gasteiger partial charge in [0.15, 0.2) is 0 Å². The second-order valence-electron chi connectivity index (χ2n) is 2.60. The molecule has 1 radical (unpaired) electrons. The minimum absolute atomic E-state index is 0.384. The number of nitrogens with two attached hydrogens (primary N) is 1. The molecule has 57 valence electrons. The second kappa shape index (κ2) is 2.74. The standard InChI is InChI=1S/C9H10NO/c1-6-3-7(2)5-8(4-6)9(10)11/h4-5H,1-2H3,(H2,10,11). The van der Waals surface area contributed by atoms with Crippen molar-refractivity contribution in [3.63, 3.8) is 0 Å². The Hall–Kier alpha value is -1.31. The van der Waals surface area contributed by atoms with Gasteiger partial charge in [0.05, 0.1) is 0 Å². The van der Waals surface area contributed by atoms with E-state index in [4.69, 9.17) is 5.73 Å². The van der Waals surface area contributed by atoms with E-state index < -0.39 is 0 Å². The number of carbonyl (C=O) groups is 1. The van der Waals surface area contributed by atoms with E-state index in [1.165, 1.54) is 0 Å². The summed E-state index contributed by atoms with van der Waals surface area (Å²) in [5.74, 6) is -0.384. The lowest BCUT2D eigenvalue weighted by Gasteiger charge is -1.98. The highest BCUT2D eigenvalue weighted by Crippen LogP contribution is 2.06. The molecule has 0 fully saturated rings. The molecule has 0 saturated heterocycles. The van der Waals surface area contributed by atoms with Gasteiger partial charge in [-0.15, -0.1) is 0 Å². The highest BCUT2D eigenvalue weighted by Gasteiger charge is 2.00. The van der Waals surface area contributed by atoms with E-state index in [0.717, 1.165) is 11.1 Å². The van der Waals surface area contributed by atoms with E-state index in [0.29, 0.717) is 5.56 Å². The molecule has 1 aromatic carbocycles. The second-order valence-corrected chi connectivity index (χ2v) is 2.60. The van der Waals surface area contributed by atoms with Crippen LogP contribution in [0.25, 0.3) is 0 Å². The van der Waals surface area contributed by atoms with Gasteiger partial charge >= 0.3 is 0 Å². The zero-order valence-electron chi connectivity index (χ0n) is 6.64. The minimum Gasteiger partial charge on any atom is -0.366 e. The van der Waals surface area contributed by atoms with Crippen molar-refractivity contribution in [2.24, 2.45) is 5.73 Å². The first-order valence-corrected chi connectivity index (χ1v) is 3.40. The Bertz CT molecular complexity index is 271. The van der Waals surface area contributed by atoms with Crippen LogP contribution in [0, 0.1) is 19.9 Å². The summed E-state index contributed by atoms with van der Waals surface area (Å²) in [5.41, 5.74) is 7.54. The largest absolute Gasteiger partial charge is 0.366 e. The molecule has 0 atom stereocenters. The van der Waals surface area contributed by atoms with Gasteiger partial charge in [-0.05, 0) is 43.2 Å². The van der Waals surface area contributed by atoms with E-state index in [-0.39, 0.29) is 5.91 Å². The SMILES string of the molecule is Cc1[c]c(C)cc(C(N)=O)c1. The van der Waals surface area contributed by atoms with Gasteiger partial charge < -0.3 is 5.73 Å². The third-order valence-electron chi connectivity index (χ3n) is 1.42. The van der Waals surface area contributed by atoms with Crippen molar-refractivity contribution in [2.45, 2.75) is 13.8 Å². The lowest BCUT2D eigenvalue weighted by Crippen LogP contribution is -2.11. The van der Waals surface area contributed by atoms with Crippen LogP contribution in [0.3, 0.4) is 0 Å². The van der Waals surface area contributed by atoms with E-state index in [2.05, 4.69) is 6.07 Å². The summed E-state index contributed by atoms with van der Waals surface area (Å²) in [6, 6.07) is 6.52. The highest BCUT2D eigenvalue weighted by molar-refractivity contribution is 5.93. The van der Waals surface area contributed by atoms with Gasteiger partial charge in [-0.25, -0.2) is 0 Å². The molecular formula is C9H10NO. The summed E-state index contributed by atoms with van der Waals surface area (Å²) < 4.78 is 0. The van der Waals surface area contributed by atoms with E-state index in [1.54, 1.807) is 12.1 Å². The first-order valence-electron chi connectivity index (χ1n) is 3.40. The number of carbonyl (C=O) groups excluding carboxylic acids is 1. The zero-order valence-corrected chi connectivity index (χ0v) is 6.64. The predicted octanol–water partition coefficient (Wildman–Crippen LogP) is 1.20. The quantitative estimate of drug-likeness (QED) is 0.639. The smallest absolute Gasteiger partial charge is 0.248 e. The maximum absolute atomic E-state index is 10.7. The van der Waals surface area contributed by atoms with Gasteiger partial charge in [-0.2, -0.15) is 0 Å². The molecule has 0 aliphatic heterocycles. The molecule has 0 heterocycles. The van der Waals surface area contributed by atoms with Crippen molar-refractivity contribution in [1.82, 2.24) is 0 Å². The van der Waals surface area contributed by atoms with Gasteiger partial charge in [-0.3, -0.25) is 4.79 Å². The molecule has 1 amide bonds. The summed E-state index contributed by atoms with van der Waals surface area (Å²) in [7, 11) is 0. The number of benzene rings is 1. The molecular weight excluding hydrogens is 138 g/mol. The number of primary amides is 1. The van der Waals surface area contributed by atoms with Gasteiger partial charge in [0.2, 0.25) is 5.91 Å². The monoisotopic (exact) mass is 148 g/mol. The fraction of sp³-hybridized carbons (Fsp3) is 0.222. The van der Waals surface area contributed by atoms with Gasteiger partial charge in [-0.1, -0.05) is 0 Å². The van der Waals surface area contributed by atoms with Crippen LogP contribution in [0.15, 0.2) is 12.1 Å². The maximum Gasteiger partial charge on any atom is 0.248 e. The van der Waals surface area contributed by atoms with Crippen LogP contribution in [-0.2, 0) is 0 Å². The number of hydrogen-bond donors (Lipinski definition) is 1. The summed E-state index contributed by atoms with van der Waals surface area (Å²) >= 11 is 0. The van der Waals surface area contributed by atoms with Gasteiger partial charge in [0.25, 0.3) is 0 Å². The molecule has 2 N–H and O–H groups in total. The third-order valence-corrected chi connectivity index (χ3v) is 1.42. The zero-order chi connectivity index (χ0) is 8.43. The molecule has 2 nitrogen and oxygen atoms in total. The van der Waals surface area contributed by atoms with Crippen LogP contribution in [-0.4, -0.2) is 5.91 Å². The van der Waals surface area contributed by atoms with Crippen molar-refractivity contribution in [1.29, 1.82) is 0 Å². The molecule has 1 rings (SSSR count). The van der Waals surface area contributed by atoms with Crippen LogP contribution in [0.1, 0.15) is 21.5 Å². The minimum atomic E-state index is -0.384. The molecule has 0 aliphatic rings. The van der Waals surface area contributed by atoms with Gasteiger partial charge in [0.1, 0.15) is 0 Å². The molecule has 0 saturated carbocycles. The molecule has 0 spiro atoms. The topological polar surface area (TPSA) is 43.1 Å². The van der Waals surface area contributed by atoms with Crippen molar-refractivity contribution in [3.8, 4) is 0 Å². The van der Waals surface area contributed by atoms with Crippen LogP contribution in [0.5, 0.6) is 0 Å². The van der Waals surface area contributed by atoms with Crippen molar-refractivity contribution in [2.75, 3.05) is 0 Å². The Labute approximate surface area is 66.0 Å². The summed E-state index contributed by atoms with van der Waals surface area (Å²) in [6.07, 6.45) is 0. The van der Waals surface area contributed by atoms with Crippen LogP contribution in [0.2, 0.25) is 0 Å². The Morgan fingerprint density at radius 2 is 1.82 bits per heavy atom. The van der Waals surface area contributed by atoms with Crippen molar-refractivity contribution < 1.29 is 4.79 Å². The predicted molar refractivity (Wildman–Crippen MR) is 43.3 cm³/mol. The molecule has 0 unspecified atom stereocenters. The first-order chi connectivity index (χ1) is 5.09. The maximum atomic E-state index is 10.7. The Balaban J connectivity index is 3.19. The average Bonchev–Trinajstić information content (AvgIpc) is 1.85. The Kier molecular flexibility index (Phi) is 1.94. The lowest BCUT2D eigenvalue weighted by molar-refractivity contribution is 0.1000. The van der Waals surface area contributed by atoms with Crippen LogP contribution >= 0.6 is 0 Å². The lowest BCUT2D eigenvalue weighted by atomic mass is 10.1. The Morgan fingerprint density at radius 1 is 1.36 bits per heavy atom. The van der Waals surface area contributed by atoms with Crippen LogP contribution in [0.4, 0.5) is 0 Å².